The van der Waals surface area contributed by atoms with Gasteiger partial charge in [-0.1, -0.05) is 29.8 Å². The number of nitrogens with zero attached hydrogens (tertiary/aromatic N) is 1. The summed E-state index contributed by atoms with van der Waals surface area (Å²) >= 11 is 5.86. The van der Waals surface area contributed by atoms with E-state index in [1.165, 1.54) is 5.56 Å². The Hall–Kier alpha value is -1.38. The van der Waals surface area contributed by atoms with E-state index < -0.39 is 0 Å². The number of aromatic nitrogens is 1. The van der Waals surface area contributed by atoms with Crippen molar-refractivity contribution < 1.29 is 0 Å². The zero-order valence-corrected chi connectivity index (χ0v) is 10.5. The summed E-state index contributed by atoms with van der Waals surface area (Å²) in [5.74, 6) is 0. The van der Waals surface area contributed by atoms with Gasteiger partial charge in [-0.3, -0.25) is 4.98 Å². The van der Waals surface area contributed by atoms with E-state index in [1.54, 1.807) is 0 Å². The standard InChI is InChI=1S/C14H15ClN2/c1-11(12-5-7-13(15)8-6-12)17-10-14-4-2-3-9-16-14/h2-9,11,17H,10H2,1H3. The highest BCUT2D eigenvalue weighted by Gasteiger charge is 2.04. The van der Waals surface area contributed by atoms with Crippen LogP contribution in [0.25, 0.3) is 0 Å². The predicted octanol–water partition coefficient (Wildman–Crippen LogP) is 3.59. The molecule has 0 aliphatic rings. The minimum absolute atomic E-state index is 0.286. The second-order valence-corrected chi connectivity index (χ2v) is 4.41. The van der Waals surface area contributed by atoms with Crippen LogP contribution < -0.4 is 5.32 Å². The molecule has 1 heterocycles. The fourth-order valence-corrected chi connectivity index (χ4v) is 1.76. The molecule has 17 heavy (non-hydrogen) atoms. The van der Waals surface area contributed by atoms with Crippen molar-refractivity contribution in [2.45, 2.75) is 19.5 Å². The van der Waals surface area contributed by atoms with Crippen molar-refractivity contribution in [1.82, 2.24) is 10.3 Å². The first-order valence-corrected chi connectivity index (χ1v) is 6.02. The molecule has 0 saturated heterocycles. The second-order valence-electron chi connectivity index (χ2n) is 3.98. The van der Waals surface area contributed by atoms with Crippen molar-refractivity contribution in [2.24, 2.45) is 0 Å². The summed E-state index contributed by atoms with van der Waals surface area (Å²) in [6.45, 7) is 2.90. The van der Waals surface area contributed by atoms with Crippen molar-refractivity contribution in [2.75, 3.05) is 0 Å². The molecule has 3 heteroatoms. The Morgan fingerprint density at radius 2 is 1.94 bits per heavy atom. The zero-order valence-electron chi connectivity index (χ0n) is 9.73. The first-order chi connectivity index (χ1) is 8.25. The van der Waals surface area contributed by atoms with Crippen LogP contribution in [0.3, 0.4) is 0 Å². The van der Waals surface area contributed by atoms with Gasteiger partial charge in [0.05, 0.1) is 5.69 Å². The van der Waals surface area contributed by atoms with Crippen LogP contribution in [-0.4, -0.2) is 4.98 Å². The molecule has 0 radical (unpaired) electrons. The SMILES string of the molecule is CC(NCc1ccccn1)c1ccc(Cl)cc1. The van der Waals surface area contributed by atoms with Gasteiger partial charge in [0.25, 0.3) is 0 Å². The number of halogens is 1. The molecule has 2 nitrogen and oxygen atoms in total. The van der Waals surface area contributed by atoms with E-state index >= 15 is 0 Å². The lowest BCUT2D eigenvalue weighted by molar-refractivity contribution is 0.568. The molecule has 0 spiro atoms. The summed E-state index contributed by atoms with van der Waals surface area (Å²) in [5, 5.41) is 4.20. The summed E-state index contributed by atoms with van der Waals surface area (Å²) < 4.78 is 0. The zero-order chi connectivity index (χ0) is 12.1. The van der Waals surface area contributed by atoms with Gasteiger partial charge in [0, 0.05) is 23.8 Å². The van der Waals surface area contributed by atoms with Crippen molar-refractivity contribution in [1.29, 1.82) is 0 Å². The van der Waals surface area contributed by atoms with Crippen LogP contribution in [0.4, 0.5) is 0 Å². The highest BCUT2D eigenvalue weighted by atomic mass is 35.5. The van der Waals surface area contributed by atoms with Crippen molar-refractivity contribution in [3.63, 3.8) is 0 Å². The lowest BCUT2D eigenvalue weighted by Gasteiger charge is -2.13. The number of rotatable bonds is 4. The van der Waals surface area contributed by atoms with Crippen molar-refractivity contribution in [3.8, 4) is 0 Å². The average Bonchev–Trinajstić information content (AvgIpc) is 2.38. The third-order valence-electron chi connectivity index (χ3n) is 2.69. The van der Waals surface area contributed by atoms with Gasteiger partial charge in [-0.05, 0) is 36.8 Å². The lowest BCUT2D eigenvalue weighted by Crippen LogP contribution is -2.18. The molecule has 0 amide bonds. The van der Waals surface area contributed by atoms with Gasteiger partial charge in [-0.25, -0.2) is 0 Å². The normalized spacial score (nSPS) is 12.4. The summed E-state index contributed by atoms with van der Waals surface area (Å²) in [6, 6.07) is 14.1. The Bertz CT molecular complexity index is 453. The molecule has 0 aliphatic heterocycles. The Balaban J connectivity index is 1.93. The van der Waals surface area contributed by atoms with Crippen LogP contribution in [0.1, 0.15) is 24.2 Å². The van der Waals surface area contributed by atoms with Gasteiger partial charge in [0.1, 0.15) is 0 Å². The Labute approximate surface area is 107 Å². The maximum atomic E-state index is 5.86. The van der Waals surface area contributed by atoms with Gasteiger partial charge in [-0.2, -0.15) is 0 Å². The van der Waals surface area contributed by atoms with Gasteiger partial charge < -0.3 is 5.32 Å². The Kier molecular flexibility index (Phi) is 4.13. The van der Waals surface area contributed by atoms with E-state index in [4.69, 9.17) is 11.6 Å². The first-order valence-electron chi connectivity index (χ1n) is 5.64. The molecule has 88 valence electrons. The second kappa shape index (κ2) is 5.80. The fourth-order valence-electron chi connectivity index (χ4n) is 1.63. The minimum Gasteiger partial charge on any atom is -0.305 e. The van der Waals surface area contributed by atoms with E-state index in [-0.39, 0.29) is 6.04 Å². The molecule has 0 saturated carbocycles. The Morgan fingerprint density at radius 3 is 2.59 bits per heavy atom. The van der Waals surface area contributed by atoms with E-state index in [2.05, 4.69) is 17.2 Å². The molecule has 0 bridgehead atoms. The third-order valence-corrected chi connectivity index (χ3v) is 2.94. The summed E-state index contributed by atoms with van der Waals surface area (Å²) in [7, 11) is 0. The molecule has 2 aromatic rings. The average molecular weight is 247 g/mol. The maximum Gasteiger partial charge on any atom is 0.0541 e. The van der Waals surface area contributed by atoms with Crippen molar-refractivity contribution >= 4 is 11.6 Å². The van der Waals surface area contributed by atoms with Crippen LogP contribution in [-0.2, 0) is 6.54 Å². The summed E-state index contributed by atoms with van der Waals surface area (Å²) in [4.78, 5) is 4.27. The molecule has 1 aromatic heterocycles. The molecule has 1 N–H and O–H groups in total. The minimum atomic E-state index is 0.286. The maximum absolute atomic E-state index is 5.86. The van der Waals surface area contributed by atoms with Gasteiger partial charge in [0.15, 0.2) is 0 Å². The highest BCUT2D eigenvalue weighted by Crippen LogP contribution is 2.16. The van der Waals surface area contributed by atoms with E-state index in [0.717, 1.165) is 17.3 Å². The van der Waals surface area contributed by atoms with E-state index in [1.807, 2.05) is 48.7 Å². The van der Waals surface area contributed by atoms with Gasteiger partial charge in [0.2, 0.25) is 0 Å². The molecular formula is C14H15ClN2. The molecule has 1 atom stereocenters. The quantitative estimate of drug-likeness (QED) is 0.892. The van der Waals surface area contributed by atoms with E-state index in [9.17, 15) is 0 Å². The number of hydrogen-bond acceptors (Lipinski definition) is 2. The van der Waals surface area contributed by atoms with E-state index in [0.29, 0.717) is 0 Å². The molecule has 2 rings (SSSR count). The topological polar surface area (TPSA) is 24.9 Å². The fraction of sp³-hybridized carbons (Fsp3) is 0.214. The van der Waals surface area contributed by atoms with Gasteiger partial charge >= 0.3 is 0 Å². The summed E-state index contributed by atoms with van der Waals surface area (Å²) in [6.07, 6.45) is 1.81. The predicted molar refractivity (Wildman–Crippen MR) is 70.9 cm³/mol. The molecule has 0 fully saturated rings. The molecule has 1 aromatic carbocycles. The van der Waals surface area contributed by atoms with Crippen molar-refractivity contribution in [3.05, 3.63) is 64.9 Å². The largest absolute Gasteiger partial charge is 0.305 e. The lowest BCUT2D eigenvalue weighted by atomic mass is 10.1. The number of benzene rings is 1. The van der Waals surface area contributed by atoms with Crippen LogP contribution in [0.15, 0.2) is 48.7 Å². The summed E-state index contributed by atoms with van der Waals surface area (Å²) in [5.41, 5.74) is 2.28. The van der Waals surface area contributed by atoms with Crippen LogP contribution in [0.5, 0.6) is 0 Å². The monoisotopic (exact) mass is 246 g/mol. The molecule has 0 aliphatic carbocycles. The van der Waals surface area contributed by atoms with Crippen LogP contribution >= 0.6 is 11.6 Å². The van der Waals surface area contributed by atoms with Crippen LogP contribution in [0.2, 0.25) is 5.02 Å². The Morgan fingerprint density at radius 1 is 1.18 bits per heavy atom. The first kappa shape index (κ1) is 12.1. The number of nitrogens with one attached hydrogen (secondary N) is 1. The number of pyridine rings is 1. The highest BCUT2D eigenvalue weighted by molar-refractivity contribution is 6.30. The third kappa shape index (κ3) is 3.55. The number of hydrogen-bond donors (Lipinski definition) is 1. The van der Waals surface area contributed by atoms with Gasteiger partial charge in [-0.15, -0.1) is 0 Å². The molecular weight excluding hydrogens is 232 g/mol. The van der Waals surface area contributed by atoms with Crippen LogP contribution in [0, 0.1) is 0 Å². The molecule has 1 unspecified atom stereocenters. The smallest absolute Gasteiger partial charge is 0.0541 e.